The van der Waals surface area contributed by atoms with Crippen LogP contribution in [-0.4, -0.2) is 21.0 Å². The third kappa shape index (κ3) is 3.43. The predicted octanol–water partition coefficient (Wildman–Crippen LogP) is 3.16. The second-order valence-corrected chi connectivity index (χ2v) is 5.70. The Bertz CT molecular complexity index is 318. The number of alkyl halides is 1. The Hall–Kier alpha value is -0.330. The minimum Gasteiger partial charge on any atom is -0.257 e. The summed E-state index contributed by atoms with van der Waals surface area (Å²) in [6.45, 7) is 2.03. The molecule has 1 heterocycles. The van der Waals surface area contributed by atoms with Gasteiger partial charge >= 0.3 is 5.00 Å². The zero-order valence-corrected chi connectivity index (χ0v) is 9.86. The molecule has 0 spiro atoms. The summed E-state index contributed by atoms with van der Waals surface area (Å²) in [6.07, 6.45) is 2.17. The highest BCUT2D eigenvalue weighted by atomic mass is 35.5. The Morgan fingerprint density at radius 3 is 3.07 bits per heavy atom. The molecule has 14 heavy (non-hydrogen) atoms. The lowest BCUT2D eigenvalue weighted by atomic mass is 10.4. The van der Waals surface area contributed by atoms with Crippen molar-refractivity contribution in [2.75, 3.05) is 5.88 Å². The zero-order valence-electron chi connectivity index (χ0n) is 7.47. The lowest BCUT2D eigenvalue weighted by molar-refractivity contribution is -0.380. The van der Waals surface area contributed by atoms with Gasteiger partial charge in [0.25, 0.3) is 0 Å². The quantitative estimate of drug-likeness (QED) is 0.350. The molecule has 1 aromatic heterocycles. The van der Waals surface area contributed by atoms with E-state index in [0.717, 1.165) is 22.1 Å². The molecule has 0 aromatic carbocycles. The van der Waals surface area contributed by atoms with Gasteiger partial charge < -0.3 is 0 Å². The van der Waals surface area contributed by atoms with Crippen molar-refractivity contribution in [3.63, 3.8) is 0 Å². The van der Waals surface area contributed by atoms with Crippen LogP contribution in [0.25, 0.3) is 0 Å². The molecule has 4 nitrogen and oxygen atoms in total. The Morgan fingerprint density at radius 1 is 1.86 bits per heavy atom. The lowest BCUT2D eigenvalue weighted by Gasteiger charge is -2.04. The maximum absolute atomic E-state index is 10.4. The van der Waals surface area contributed by atoms with Crippen LogP contribution in [0.1, 0.15) is 13.3 Å². The van der Waals surface area contributed by atoms with Crippen LogP contribution in [0.5, 0.6) is 0 Å². The van der Waals surface area contributed by atoms with Gasteiger partial charge in [0.2, 0.25) is 0 Å². The first kappa shape index (κ1) is 11.7. The second kappa shape index (κ2) is 5.53. The summed E-state index contributed by atoms with van der Waals surface area (Å²) >= 11 is 8.21. The predicted molar refractivity (Wildman–Crippen MR) is 59.4 cm³/mol. The number of thioether (sulfide) groups is 1. The van der Waals surface area contributed by atoms with Crippen LogP contribution >= 0.6 is 34.7 Å². The Balaban J connectivity index is 2.55. The second-order valence-electron chi connectivity index (χ2n) is 2.63. The summed E-state index contributed by atoms with van der Waals surface area (Å²) in [4.78, 5) is 13.9. The van der Waals surface area contributed by atoms with Gasteiger partial charge in [0.05, 0.1) is 4.92 Å². The highest BCUT2D eigenvalue weighted by molar-refractivity contribution is 8.01. The largest absolute Gasteiger partial charge is 0.344 e. The van der Waals surface area contributed by atoms with Crippen LogP contribution in [0.15, 0.2) is 10.5 Å². The molecule has 0 aliphatic heterocycles. The van der Waals surface area contributed by atoms with E-state index in [0.29, 0.717) is 11.1 Å². The molecule has 1 unspecified atom stereocenters. The molecule has 0 bridgehead atoms. The van der Waals surface area contributed by atoms with Gasteiger partial charge in [-0.1, -0.05) is 18.7 Å². The number of hydrogen-bond donors (Lipinski definition) is 0. The average Bonchev–Trinajstić information content (AvgIpc) is 2.53. The van der Waals surface area contributed by atoms with Crippen molar-refractivity contribution in [2.24, 2.45) is 0 Å². The van der Waals surface area contributed by atoms with Crippen molar-refractivity contribution in [3.05, 3.63) is 16.3 Å². The molecular formula is C7H9ClN2O2S2. The fourth-order valence-electron chi connectivity index (χ4n) is 0.774. The number of nitro groups is 1. The van der Waals surface area contributed by atoms with E-state index in [1.165, 1.54) is 18.0 Å². The molecule has 78 valence electrons. The standard InChI is InChI=1S/C7H9ClN2O2S2/c1-5(2-3-8)13-7-9-4-6(14-7)10(11)12/h4-5H,2-3H2,1H3. The first-order valence-electron chi connectivity index (χ1n) is 3.96. The van der Waals surface area contributed by atoms with E-state index in [9.17, 15) is 10.1 Å². The van der Waals surface area contributed by atoms with Gasteiger partial charge in [-0.2, -0.15) is 0 Å². The molecule has 1 atom stereocenters. The fourth-order valence-corrected chi connectivity index (χ4v) is 3.33. The number of halogens is 1. The highest BCUT2D eigenvalue weighted by Gasteiger charge is 2.13. The van der Waals surface area contributed by atoms with E-state index in [1.54, 1.807) is 0 Å². The fraction of sp³-hybridized carbons (Fsp3) is 0.571. The topological polar surface area (TPSA) is 56.0 Å². The monoisotopic (exact) mass is 252 g/mol. The maximum atomic E-state index is 10.4. The van der Waals surface area contributed by atoms with Crippen LogP contribution in [0.2, 0.25) is 0 Å². The van der Waals surface area contributed by atoms with Crippen molar-refractivity contribution in [2.45, 2.75) is 22.9 Å². The van der Waals surface area contributed by atoms with E-state index in [2.05, 4.69) is 4.98 Å². The van der Waals surface area contributed by atoms with Crippen LogP contribution < -0.4 is 0 Å². The third-order valence-electron chi connectivity index (χ3n) is 1.47. The van der Waals surface area contributed by atoms with Crippen LogP contribution in [0.3, 0.4) is 0 Å². The van der Waals surface area contributed by atoms with E-state index < -0.39 is 4.92 Å². The van der Waals surface area contributed by atoms with Gasteiger partial charge in [0.15, 0.2) is 4.34 Å². The first-order valence-corrected chi connectivity index (χ1v) is 6.19. The summed E-state index contributed by atoms with van der Waals surface area (Å²) in [6, 6.07) is 0. The van der Waals surface area contributed by atoms with Crippen molar-refractivity contribution >= 4 is 39.7 Å². The molecule has 0 aliphatic rings. The summed E-state index contributed by atoms with van der Waals surface area (Å²) in [5, 5.41) is 10.8. The highest BCUT2D eigenvalue weighted by Crippen LogP contribution is 2.32. The molecule has 7 heteroatoms. The summed E-state index contributed by atoms with van der Waals surface area (Å²) in [5.74, 6) is 0.599. The summed E-state index contributed by atoms with van der Waals surface area (Å²) in [7, 11) is 0. The smallest absolute Gasteiger partial charge is 0.257 e. The van der Waals surface area contributed by atoms with Gasteiger partial charge in [-0.3, -0.25) is 10.1 Å². The van der Waals surface area contributed by atoms with Gasteiger partial charge in [-0.05, 0) is 17.8 Å². The Morgan fingerprint density at radius 2 is 2.57 bits per heavy atom. The number of hydrogen-bond acceptors (Lipinski definition) is 5. The molecule has 1 rings (SSSR count). The first-order chi connectivity index (χ1) is 6.63. The van der Waals surface area contributed by atoms with Crippen molar-refractivity contribution < 1.29 is 4.92 Å². The normalized spacial score (nSPS) is 12.7. The Kier molecular flexibility index (Phi) is 4.64. The molecule has 0 N–H and O–H groups in total. The molecular weight excluding hydrogens is 244 g/mol. The molecule has 0 saturated heterocycles. The maximum Gasteiger partial charge on any atom is 0.344 e. The van der Waals surface area contributed by atoms with E-state index >= 15 is 0 Å². The van der Waals surface area contributed by atoms with Crippen LogP contribution in [-0.2, 0) is 0 Å². The van der Waals surface area contributed by atoms with Crippen LogP contribution in [0.4, 0.5) is 5.00 Å². The van der Waals surface area contributed by atoms with E-state index in [1.807, 2.05) is 6.92 Å². The third-order valence-corrected chi connectivity index (χ3v) is 3.92. The minimum absolute atomic E-state index is 0.0885. The number of thiazole rings is 1. The molecule has 1 aromatic rings. The van der Waals surface area contributed by atoms with E-state index in [4.69, 9.17) is 11.6 Å². The summed E-state index contributed by atoms with van der Waals surface area (Å²) in [5.41, 5.74) is 0. The van der Waals surface area contributed by atoms with Crippen molar-refractivity contribution in [3.8, 4) is 0 Å². The van der Waals surface area contributed by atoms with E-state index in [-0.39, 0.29) is 5.00 Å². The van der Waals surface area contributed by atoms with Gasteiger partial charge in [0.1, 0.15) is 6.20 Å². The van der Waals surface area contributed by atoms with Gasteiger partial charge in [0, 0.05) is 11.1 Å². The number of rotatable bonds is 5. The molecule has 0 radical (unpaired) electrons. The lowest BCUT2D eigenvalue weighted by Crippen LogP contribution is -1.95. The van der Waals surface area contributed by atoms with Gasteiger partial charge in [-0.25, -0.2) is 4.98 Å². The van der Waals surface area contributed by atoms with Crippen molar-refractivity contribution in [1.82, 2.24) is 4.98 Å². The number of aromatic nitrogens is 1. The summed E-state index contributed by atoms with van der Waals surface area (Å²) < 4.78 is 0.731. The average molecular weight is 253 g/mol. The van der Waals surface area contributed by atoms with Crippen molar-refractivity contribution in [1.29, 1.82) is 0 Å². The SMILES string of the molecule is CC(CCCl)Sc1ncc([N+](=O)[O-])s1. The van der Waals surface area contributed by atoms with Crippen LogP contribution in [0, 0.1) is 10.1 Å². The van der Waals surface area contributed by atoms with Gasteiger partial charge in [-0.15, -0.1) is 11.6 Å². The zero-order chi connectivity index (χ0) is 10.6. The molecule has 0 aliphatic carbocycles. The number of nitrogens with zero attached hydrogens (tertiary/aromatic N) is 2. The Labute approximate surface area is 94.8 Å². The molecule has 0 amide bonds. The molecule has 0 saturated carbocycles. The molecule has 0 fully saturated rings. The minimum atomic E-state index is -0.423.